The summed E-state index contributed by atoms with van der Waals surface area (Å²) < 4.78 is 13.4. The molecular formula is C9H11BrFNOS. The summed E-state index contributed by atoms with van der Waals surface area (Å²) in [6.45, 7) is 5.08. The number of rotatable bonds is 3. The van der Waals surface area contributed by atoms with E-state index >= 15 is 0 Å². The van der Waals surface area contributed by atoms with Gasteiger partial charge in [0.05, 0.1) is 0 Å². The summed E-state index contributed by atoms with van der Waals surface area (Å²) in [4.78, 5) is 13.9. The van der Waals surface area contributed by atoms with Gasteiger partial charge in [-0.1, -0.05) is 11.3 Å². The van der Waals surface area contributed by atoms with Gasteiger partial charge in [-0.2, -0.15) is 4.39 Å². The number of nitrogens with zero attached hydrogens (tertiary/aromatic N) is 1. The maximum atomic E-state index is 12.8. The normalized spacial score (nSPS) is 10.3. The van der Waals surface area contributed by atoms with Crippen LogP contribution in [0.1, 0.15) is 23.5 Å². The first-order chi connectivity index (χ1) is 6.60. The molecule has 5 heteroatoms. The van der Waals surface area contributed by atoms with Crippen LogP contribution in [-0.2, 0) is 0 Å². The van der Waals surface area contributed by atoms with Crippen molar-refractivity contribution >= 4 is 33.2 Å². The minimum atomic E-state index is -0.340. The van der Waals surface area contributed by atoms with Crippen LogP contribution < -0.4 is 0 Å². The van der Waals surface area contributed by atoms with Gasteiger partial charge in [-0.3, -0.25) is 4.79 Å². The SMILES string of the molecule is CCN(CC)C(=O)c1sc(F)cc1Br. The van der Waals surface area contributed by atoms with Gasteiger partial charge in [0.2, 0.25) is 0 Å². The first-order valence-electron chi connectivity index (χ1n) is 4.34. The summed E-state index contributed by atoms with van der Waals surface area (Å²) in [5, 5.41) is -0.340. The Morgan fingerprint density at radius 1 is 1.57 bits per heavy atom. The highest BCUT2D eigenvalue weighted by atomic mass is 79.9. The summed E-state index contributed by atoms with van der Waals surface area (Å²) >= 11 is 4.04. The average molecular weight is 280 g/mol. The fourth-order valence-electron chi connectivity index (χ4n) is 1.14. The molecule has 0 saturated carbocycles. The summed E-state index contributed by atoms with van der Waals surface area (Å²) in [5.41, 5.74) is 0. The van der Waals surface area contributed by atoms with E-state index in [1.807, 2.05) is 13.8 Å². The first-order valence-corrected chi connectivity index (χ1v) is 5.95. The zero-order valence-electron chi connectivity index (χ0n) is 8.01. The van der Waals surface area contributed by atoms with Gasteiger partial charge < -0.3 is 4.90 Å². The lowest BCUT2D eigenvalue weighted by atomic mass is 10.4. The topological polar surface area (TPSA) is 20.3 Å². The van der Waals surface area contributed by atoms with Crippen molar-refractivity contribution in [3.8, 4) is 0 Å². The number of hydrogen-bond donors (Lipinski definition) is 0. The molecule has 2 nitrogen and oxygen atoms in total. The third-order valence-electron chi connectivity index (χ3n) is 1.90. The second-order valence-electron chi connectivity index (χ2n) is 2.71. The lowest BCUT2D eigenvalue weighted by Gasteiger charge is -2.17. The number of carbonyl (C=O) groups is 1. The first kappa shape index (κ1) is 11.7. The van der Waals surface area contributed by atoms with Crippen LogP contribution in [-0.4, -0.2) is 23.9 Å². The second kappa shape index (κ2) is 4.89. The Bertz CT molecular complexity index is 336. The molecule has 1 amide bonds. The van der Waals surface area contributed by atoms with Gasteiger partial charge in [-0.25, -0.2) is 0 Å². The average Bonchev–Trinajstić information content (AvgIpc) is 2.47. The third kappa shape index (κ3) is 2.33. The zero-order valence-corrected chi connectivity index (χ0v) is 10.4. The zero-order chi connectivity index (χ0) is 10.7. The fraction of sp³-hybridized carbons (Fsp3) is 0.444. The fourth-order valence-corrected chi connectivity index (χ4v) is 2.65. The van der Waals surface area contributed by atoms with Crippen molar-refractivity contribution in [3.05, 3.63) is 20.5 Å². The van der Waals surface area contributed by atoms with E-state index in [0.29, 0.717) is 22.4 Å². The highest BCUT2D eigenvalue weighted by molar-refractivity contribution is 9.10. The monoisotopic (exact) mass is 279 g/mol. The molecular weight excluding hydrogens is 269 g/mol. The Kier molecular flexibility index (Phi) is 4.07. The highest BCUT2D eigenvalue weighted by Crippen LogP contribution is 2.27. The molecule has 1 aromatic heterocycles. The van der Waals surface area contributed by atoms with Crippen LogP contribution in [0.25, 0.3) is 0 Å². The number of carbonyl (C=O) groups excluding carboxylic acids is 1. The molecule has 0 fully saturated rings. The van der Waals surface area contributed by atoms with Gasteiger partial charge in [-0.15, -0.1) is 0 Å². The van der Waals surface area contributed by atoms with Crippen molar-refractivity contribution in [3.63, 3.8) is 0 Å². The Balaban J connectivity index is 2.93. The molecule has 0 bridgehead atoms. The van der Waals surface area contributed by atoms with Gasteiger partial charge in [0.1, 0.15) is 4.88 Å². The number of hydrogen-bond acceptors (Lipinski definition) is 2. The molecule has 0 aliphatic carbocycles. The Morgan fingerprint density at radius 3 is 2.50 bits per heavy atom. The Labute approximate surface area is 94.9 Å². The Morgan fingerprint density at radius 2 is 2.14 bits per heavy atom. The highest BCUT2D eigenvalue weighted by Gasteiger charge is 2.18. The quantitative estimate of drug-likeness (QED) is 0.833. The van der Waals surface area contributed by atoms with E-state index in [1.54, 1.807) is 4.90 Å². The molecule has 0 aliphatic heterocycles. The third-order valence-corrected chi connectivity index (χ3v) is 3.70. The molecule has 0 unspecified atom stereocenters. The molecule has 0 N–H and O–H groups in total. The van der Waals surface area contributed by atoms with E-state index in [2.05, 4.69) is 15.9 Å². The molecule has 0 saturated heterocycles. The number of amides is 1. The van der Waals surface area contributed by atoms with Crippen LogP contribution in [0.4, 0.5) is 4.39 Å². The van der Waals surface area contributed by atoms with Gasteiger partial charge in [0.25, 0.3) is 5.91 Å². The van der Waals surface area contributed by atoms with Crippen LogP contribution in [0.2, 0.25) is 0 Å². The van der Waals surface area contributed by atoms with E-state index in [4.69, 9.17) is 0 Å². The van der Waals surface area contributed by atoms with E-state index < -0.39 is 0 Å². The molecule has 0 spiro atoms. The van der Waals surface area contributed by atoms with Crippen molar-refractivity contribution in [2.75, 3.05) is 13.1 Å². The van der Waals surface area contributed by atoms with E-state index in [1.165, 1.54) is 6.07 Å². The summed E-state index contributed by atoms with van der Waals surface area (Å²) in [6.07, 6.45) is 0. The molecule has 1 heterocycles. The number of halogens is 2. The van der Waals surface area contributed by atoms with Crippen molar-refractivity contribution in [1.82, 2.24) is 4.90 Å². The van der Waals surface area contributed by atoms with Crippen LogP contribution >= 0.6 is 27.3 Å². The van der Waals surface area contributed by atoms with Gasteiger partial charge >= 0.3 is 0 Å². The van der Waals surface area contributed by atoms with Gasteiger partial charge in [0.15, 0.2) is 5.13 Å². The predicted octanol–water partition coefficient (Wildman–Crippen LogP) is 3.13. The largest absolute Gasteiger partial charge is 0.338 e. The molecule has 0 atom stereocenters. The van der Waals surface area contributed by atoms with Crippen molar-refractivity contribution < 1.29 is 9.18 Å². The molecule has 78 valence electrons. The minimum Gasteiger partial charge on any atom is -0.338 e. The summed E-state index contributed by atoms with van der Waals surface area (Å²) in [5.74, 6) is -0.115. The van der Waals surface area contributed by atoms with E-state index in [0.717, 1.165) is 11.3 Å². The smallest absolute Gasteiger partial charge is 0.265 e. The standard InChI is InChI=1S/C9H11BrFNOS/c1-3-12(4-2)9(13)8-6(10)5-7(11)14-8/h5H,3-4H2,1-2H3. The lowest BCUT2D eigenvalue weighted by Crippen LogP contribution is -2.29. The molecule has 0 aromatic carbocycles. The second-order valence-corrected chi connectivity index (χ2v) is 4.56. The van der Waals surface area contributed by atoms with Crippen LogP contribution in [0.5, 0.6) is 0 Å². The molecule has 0 aliphatic rings. The van der Waals surface area contributed by atoms with Crippen molar-refractivity contribution in [2.45, 2.75) is 13.8 Å². The van der Waals surface area contributed by atoms with Gasteiger partial charge in [0, 0.05) is 23.6 Å². The maximum Gasteiger partial charge on any atom is 0.265 e. The summed E-state index contributed by atoms with van der Waals surface area (Å²) in [7, 11) is 0. The van der Waals surface area contributed by atoms with Crippen molar-refractivity contribution in [2.24, 2.45) is 0 Å². The molecule has 1 rings (SSSR count). The van der Waals surface area contributed by atoms with E-state index in [9.17, 15) is 9.18 Å². The van der Waals surface area contributed by atoms with Gasteiger partial charge in [-0.05, 0) is 29.8 Å². The van der Waals surface area contributed by atoms with Crippen molar-refractivity contribution in [1.29, 1.82) is 0 Å². The van der Waals surface area contributed by atoms with Crippen LogP contribution in [0.15, 0.2) is 10.5 Å². The van der Waals surface area contributed by atoms with Crippen LogP contribution in [0.3, 0.4) is 0 Å². The lowest BCUT2D eigenvalue weighted by molar-refractivity contribution is 0.0777. The minimum absolute atomic E-state index is 0.115. The molecule has 1 aromatic rings. The molecule has 14 heavy (non-hydrogen) atoms. The van der Waals surface area contributed by atoms with E-state index in [-0.39, 0.29) is 11.0 Å². The van der Waals surface area contributed by atoms with Crippen LogP contribution in [0, 0.1) is 5.13 Å². The predicted molar refractivity (Wildman–Crippen MR) is 59.2 cm³/mol. The Hall–Kier alpha value is -0.420. The maximum absolute atomic E-state index is 12.8. The summed E-state index contributed by atoms with van der Waals surface area (Å²) in [6, 6.07) is 1.32. The number of thiophene rings is 1. The molecule has 0 radical (unpaired) electrons.